The lowest BCUT2D eigenvalue weighted by Gasteiger charge is -2.22. The van der Waals surface area contributed by atoms with Crippen LogP contribution in [0.2, 0.25) is 0 Å². The summed E-state index contributed by atoms with van der Waals surface area (Å²) in [4.78, 5) is 21.8. The van der Waals surface area contributed by atoms with Gasteiger partial charge in [0.2, 0.25) is 11.7 Å². The summed E-state index contributed by atoms with van der Waals surface area (Å²) in [7, 11) is 3.15. The molecule has 18 heavy (non-hydrogen) atoms. The Morgan fingerprint density at radius 3 is 2.72 bits per heavy atom. The number of rotatable bonds is 5. The number of carbonyl (C=O) groups excluding carboxylic acids is 1. The van der Waals surface area contributed by atoms with Crippen molar-refractivity contribution in [3.05, 3.63) is 16.3 Å². The molecule has 0 fully saturated rings. The highest BCUT2D eigenvalue weighted by atomic mass is 16.6. The van der Waals surface area contributed by atoms with Crippen molar-refractivity contribution in [1.29, 1.82) is 0 Å². The molecule has 8 heteroatoms. The number of amides is 1. The number of hydrogen-bond acceptors (Lipinski definition) is 5. The molecule has 0 aliphatic rings. The van der Waals surface area contributed by atoms with Crippen LogP contribution in [0.3, 0.4) is 0 Å². The van der Waals surface area contributed by atoms with Gasteiger partial charge in [-0.2, -0.15) is 0 Å². The first-order chi connectivity index (χ1) is 8.27. The van der Waals surface area contributed by atoms with Gasteiger partial charge < -0.3 is 10.6 Å². The lowest BCUT2D eigenvalue weighted by Crippen LogP contribution is -2.39. The smallest absolute Gasteiger partial charge is 0.330 e. The average Bonchev–Trinajstić information content (AvgIpc) is 2.67. The van der Waals surface area contributed by atoms with E-state index in [4.69, 9.17) is 0 Å². The Labute approximate surface area is 105 Å². The maximum absolute atomic E-state index is 11.6. The van der Waals surface area contributed by atoms with Crippen molar-refractivity contribution >= 4 is 17.4 Å². The Kier molecular flexibility index (Phi) is 3.89. The van der Waals surface area contributed by atoms with Crippen LogP contribution in [0.25, 0.3) is 0 Å². The van der Waals surface area contributed by atoms with Crippen molar-refractivity contribution in [2.75, 3.05) is 18.9 Å². The van der Waals surface area contributed by atoms with E-state index < -0.39 is 10.3 Å². The van der Waals surface area contributed by atoms with Gasteiger partial charge >= 0.3 is 5.69 Å². The number of carbonyl (C=O) groups is 1. The van der Waals surface area contributed by atoms with Crippen molar-refractivity contribution in [2.24, 2.45) is 12.5 Å². The van der Waals surface area contributed by atoms with E-state index in [1.54, 1.807) is 27.9 Å². The van der Waals surface area contributed by atoms with Crippen LogP contribution in [-0.4, -0.2) is 34.2 Å². The summed E-state index contributed by atoms with van der Waals surface area (Å²) in [6.07, 6.45) is 1.31. The fourth-order valence-electron chi connectivity index (χ4n) is 1.46. The Balaban J connectivity index is 2.80. The zero-order chi connectivity index (χ0) is 13.9. The third kappa shape index (κ3) is 2.96. The van der Waals surface area contributed by atoms with Crippen LogP contribution >= 0.6 is 0 Å². The molecular weight excluding hydrogens is 238 g/mol. The van der Waals surface area contributed by atoms with Crippen LogP contribution in [0.5, 0.6) is 0 Å². The highest BCUT2D eigenvalue weighted by Crippen LogP contribution is 2.23. The number of nitrogens with one attached hydrogen (secondary N) is 2. The lowest BCUT2D eigenvalue weighted by atomic mass is 9.92. The number of nitrogens with zero attached hydrogens (tertiary/aromatic N) is 3. The minimum atomic E-state index is -0.680. The van der Waals surface area contributed by atoms with E-state index in [1.807, 2.05) is 0 Å². The minimum Gasteiger partial charge on any atom is -0.362 e. The predicted molar refractivity (Wildman–Crippen MR) is 66.2 cm³/mol. The average molecular weight is 255 g/mol. The molecule has 1 aromatic heterocycles. The Hall–Kier alpha value is -2.12. The summed E-state index contributed by atoms with van der Waals surface area (Å²) in [6, 6.07) is 0. The third-order valence-electron chi connectivity index (χ3n) is 2.55. The van der Waals surface area contributed by atoms with E-state index in [2.05, 4.69) is 15.7 Å². The predicted octanol–water partition coefficient (Wildman–Crippen LogP) is 0.512. The van der Waals surface area contributed by atoms with Crippen LogP contribution in [0.1, 0.15) is 13.8 Å². The molecule has 0 aromatic carbocycles. The molecule has 0 radical (unpaired) electrons. The standard InChI is InChI=1S/C10H17N5O3/c1-10(2,9(16)11-3)6-12-8-7(15(17)18)5-14(4)13-8/h5H,6H2,1-4H3,(H,11,16)(H,12,13). The summed E-state index contributed by atoms with van der Waals surface area (Å²) in [5.74, 6) is 0.0214. The number of aryl methyl sites for hydroxylation is 1. The van der Waals surface area contributed by atoms with E-state index >= 15 is 0 Å². The highest BCUT2D eigenvalue weighted by molar-refractivity contribution is 5.82. The molecule has 0 aliphatic carbocycles. The second-order valence-corrected chi connectivity index (χ2v) is 4.61. The first-order valence-electron chi connectivity index (χ1n) is 5.42. The molecule has 0 atom stereocenters. The van der Waals surface area contributed by atoms with Crippen LogP contribution in [0.4, 0.5) is 11.5 Å². The zero-order valence-corrected chi connectivity index (χ0v) is 10.9. The molecule has 1 aromatic rings. The molecule has 0 saturated carbocycles. The summed E-state index contributed by atoms with van der Waals surface area (Å²) >= 11 is 0. The fraction of sp³-hybridized carbons (Fsp3) is 0.600. The number of aromatic nitrogens is 2. The van der Waals surface area contributed by atoms with Gasteiger partial charge in [0.05, 0.1) is 10.3 Å². The Morgan fingerprint density at radius 2 is 2.22 bits per heavy atom. The van der Waals surface area contributed by atoms with Crippen LogP contribution in [0.15, 0.2) is 6.20 Å². The quantitative estimate of drug-likeness (QED) is 0.589. The van der Waals surface area contributed by atoms with Crippen molar-refractivity contribution in [3.63, 3.8) is 0 Å². The second-order valence-electron chi connectivity index (χ2n) is 4.61. The van der Waals surface area contributed by atoms with E-state index in [0.717, 1.165) is 0 Å². The van der Waals surface area contributed by atoms with Gasteiger partial charge in [0.25, 0.3) is 0 Å². The van der Waals surface area contributed by atoms with E-state index in [9.17, 15) is 14.9 Å². The van der Waals surface area contributed by atoms with Crippen LogP contribution in [0, 0.1) is 15.5 Å². The molecular formula is C10H17N5O3. The monoisotopic (exact) mass is 255 g/mol. The van der Waals surface area contributed by atoms with Gasteiger partial charge in [-0.15, -0.1) is 5.10 Å². The van der Waals surface area contributed by atoms with E-state index in [1.165, 1.54) is 10.9 Å². The highest BCUT2D eigenvalue weighted by Gasteiger charge is 2.28. The van der Waals surface area contributed by atoms with Crippen molar-refractivity contribution < 1.29 is 9.72 Å². The normalized spacial score (nSPS) is 11.1. The molecule has 0 spiro atoms. The second kappa shape index (κ2) is 5.03. The summed E-state index contributed by atoms with van der Waals surface area (Å²) in [6.45, 7) is 3.74. The van der Waals surface area contributed by atoms with Gasteiger partial charge in [0, 0.05) is 20.6 Å². The van der Waals surface area contributed by atoms with Crippen LogP contribution in [-0.2, 0) is 11.8 Å². The van der Waals surface area contributed by atoms with Crippen molar-refractivity contribution in [1.82, 2.24) is 15.1 Å². The Bertz CT molecular complexity index is 466. The van der Waals surface area contributed by atoms with Crippen molar-refractivity contribution in [3.8, 4) is 0 Å². The number of nitro groups is 1. The maximum Gasteiger partial charge on any atom is 0.330 e. The van der Waals surface area contributed by atoms with Gasteiger partial charge in [-0.1, -0.05) is 0 Å². The molecule has 1 heterocycles. The molecule has 100 valence electrons. The molecule has 0 aliphatic heterocycles. The SMILES string of the molecule is CNC(=O)C(C)(C)CNc1nn(C)cc1[N+](=O)[O-]. The van der Waals surface area contributed by atoms with Gasteiger partial charge in [0.15, 0.2) is 0 Å². The molecule has 1 rings (SSSR count). The number of anilines is 1. The zero-order valence-electron chi connectivity index (χ0n) is 10.9. The molecule has 0 unspecified atom stereocenters. The minimum absolute atomic E-state index is 0.106. The van der Waals surface area contributed by atoms with E-state index in [0.29, 0.717) is 0 Å². The largest absolute Gasteiger partial charge is 0.362 e. The maximum atomic E-state index is 11.6. The van der Waals surface area contributed by atoms with Crippen LogP contribution < -0.4 is 10.6 Å². The van der Waals surface area contributed by atoms with Gasteiger partial charge in [-0.3, -0.25) is 19.6 Å². The molecule has 0 saturated heterocycles. The molecule has 2 N–H and O–H groups in total. The molecule has 1 amide bonds. The summed E-state index contributed by atoms with van der Waals surface area (Å²) in [5.41, 5.74) is -0.787. The first-order valence-corrected chi connectivity index (χ1v) is 5.42. The first kappa shape index (κ1) is 13.9. The third-order valence-corrected chi connectivity index (χ3v) is 2.55. The van der Waals surface area contributed by atoms with Gasteiger partial charge in [-0.05, 0) is 13.8 Å². The van der Waals surface area contributed by atoms with E-state index in [-0.39, 0.29) is 24.0 Å². The molecule has 8 nitrogen and oxygen atoms in total. The Morgan fingerprint density at radius 1 is 1.61 bits per heavy atom. The van der Waals surface area contributed by atoms with Gasteiger partial charge in [0.1, 0.15) is 6.20 Å². The summed E-state index contributed by atoms with van der Waals surface area (Å²) in [5, 5.41) is 20.1. The fourth-order valence-corrected chi connectivity index (χ4v) is 1.46. The topological polar surface area (TPSA) is 102 Å². The molecule has 0 bridgehead atoms. The van der Waals surface area contributed by atoms with Crippen molar-refractivity contribution in [2.45, 2.75) is 13.8 Å². The summed E-state index contributed by atoms with van der Waals surface area (Å²) < 4.78 is 1.35. The lowest BCUT2D eigenvalue weighted by molar-refractivity contribution is -0.384. The number of hydrogen-bond donors (Lipinski definition) is 2. The van der Waals surface area contributed by atoms with Gasteiger partial charge in [-0.25, -0.2) is 0 Å².